The third-order valence-corrected chi connectivity index (χ3v) is 3.70. The van der Waals surface area contributed by atoms with Gasteiger partial charge >= 0.3 is 0 Å². The van der Waals surface area contributed by atoms with Crippen LogP contribution in [0.1, 0.15) is 30.2 Å². The molecule has 1 aliphatic rings. The topological polar surface area (TPSA) is 55.1 Å². The van der Waals surface area contributed by atoms with Crippen LogP contribution >= 0.6 is 0 Å². The van der Waals surface area contributed by atoms with E-state index in [0.29, 0.717) is 11.7 Å². The second-order valence-corrected chi connectivity index (χ2v) is 5.25. The summed E-state index contributed by atoms with van der Waals surface area (Å²) in [7, 11) is 2.13. The zero-order valence-corrected chi connectivity index (χ0v) is 11.3. The van der Waals surface area contributed by atoms with Crippen LogP contribution in [0.5, 0.6) is 0 Å². The van der Waals surface area contributed by atoms with Crippen molar-refractivity contribution >= 4 is 0 Å². The minimum Gasteiger partial charge on any atom is -0.339 e. The zero-order valence-electron chi connectivity index (χ0n) is 11.3. The molecule has 0 amide bonds. The van der Waals surface area contributed by atoms with E-state index in [-0.39, 0.29) is 0 Å². The largest absolute Gasteiger partial charge is 0.339 e. The van der Waals surface area contributed by atoms with Crippen LogP contribution in [0, 0.1) is 6.92 Å². The van der Waals surface area contributed by atoms with Gasteiger partial charge in [0.2, 0.25) is 11.7 Å². The van der Waals surface area contributed by atoms with Crippen molar-refractivity contribution in [1.82, 2.24) is 20.0 Å². The number of nitrogens with zero attached hydrogens (tertiary/aromatic N) is 4. The Morgan fingerprint density at radius 1 is 1.42 bits per heavy atom. The second kappa shape index (κ2) is 5.09. The third kappa shape index (κ3) is 2.51. The number of piperidine rings is 1. The van der Waals surface area contributed by atoms with Gasteiger partial charge in [0.15, 0.2) is 0 Å². The van der Waals surface area contributed by atoms with Crippen LogP contribution in [0.15, 0.2) is 23.0 Å². The van der Waals surface area contributed by atoms with Crippen LogP contribution in [0.25, 0.3) is 11.4 Å². The van der Waals surface area contributed by atoms with Crippen LogP contribution in [0.4, 0.5) is 0 Å². The Morgan fingerprint density at radius 2 is 2.32 bits per heavy atom. The third-order valence-electron chi connectivity index (χ3n) is 3.70. The summed E-state index contributed by atoms with van der Waals surface area (Å²) in [6.07, 6.45) is 5.87. The molecule has 3 rings (SSSR count). The molecular weight excluding hydrogens is 240 g/mol. The second-order valence-electron chi connectivity index (χ2n) is 5.25. The molecule has 5 nitrogen and oxygen atoms in total. The molecule has 3 heterocycles. The summed E-state index contributed by atoms with van der Waals surface area (Å²) < 4.78 is 5.45. The maximum Gasteiger partial charge on any atom is 0.231 e. The summed E-state index contributed by atoms with van der Waals surface area (Å²) in [6, 6.07) is 1.96. The van der Waals surface area contributed by atoms with E-state index in [9.17, 15) is 0 Å². The van der Waals surface area contributed by atoms with E-state index in [2.05, 4.69) is 27.1 Å². The summed E-state index contributed by atoms with van der Waals surface area (Å²) in [6.45, 7) is 4.17. The van der Waals surface area contributed by atoms with Gasteiger partial charge in [-0.3, -0.25) is 4.98 Å². The monoisotopic (exact) mass is 258 g/mol. The van der Waals surface area contributed by atoms with Crippen molar-refractivity contribution in [3.05, 3.63) is 29.9 Å². The van der Waals surface area contributed by atoms with Crippen LogP contribution in [-0.2, 0) is 0 Å². The summed E-state index contributed by atoms with van der Waals surface area (Å²) in [5, 5.41) is 4.10. The average Bonchev–Trinajstić information content (AvgIpc) is 2.89. The molecule has 19 heavy (non-hydrogen) atoms. The summed E-state index contributed by atoms with van der Waals surface area (Å²) in [5.41, 5.74) is 2.06. The first kappa shape index (κ1) is 12.3. The minimum atomic E-state index is 0.358. The fourth-order valence-electron chi connectivity index (χ4n) is 2.58. The molecule has 1 fully saturated rings. The quantitative estimate of drug-likeness (QED) is 0.827. The smallest absolute Gasteiger partial charge is 0.231 e. The van der Waals surface area contributed by atoms with Crippen molar-refractivity contribution < 1.29 is 4.52 Å². The normalized spacial score (nSPS) is 20.6. The fraction of sp³-hybridized carbons (Fsp3) is 0.500. The van der Waals surface area contributed by atoms with Gasteiger partial charge in [-0.2, -0.15) is 4.98 Å². The van der Waals surface area contributed by atoms with E-state index in [4.69, 9.17) is 4.52 Å². The van der Waals surface area contributed by atoms with Gasteiger partial charge in [0.1, 0.15) is 0 Å². The highest BCUT2D eigenvalue weighted by atomic mass is 16.5. The summed E-state index contributed by atoms with van der Waals surface area (Å²) in [5.74, 6) is 1.76. The van der Waals surface area contributed by atoms with E-state index in [1.54, 1.807) is 12.4 Å². The Hall–Kier alpha value is -1.75. The number of likely N-dealkylation sites (tertiary alicyclic amines) is 1. The fourth-order valence-corrected chi connectivity index (χ4v) is 2.58. The van der Waals surface area contributed by atoms with Crippen LogP contribution in [0.2, 0.25) is 0 Å². The molecule has 0 N–H and O–H groups in total. The van der Waals surface area contributed by atoms with Gasteiger partial charge in [-0.25, -0.2) is 0 Å². The number of rotatable bonds is 2. The predicted octanol–water partition coefficient (Wildman–Crippen LogP) is 2.25. The molecule has 0 aliphatic carbocycles. The van der Waals surface area contributed by atoms with E-state index in [0.717, 1.165) is 36.5 Å². The van der Waals surface area contributed by atoms with Crippen molar-refractivity contribution in [3.63, 3.8) is 0 Å². The summed E-state index contributed by atoms with van der Waals surface area (Å²) in [4.78, 5) is 11.0. The molecule has 1 saturated heterocycles. The van der Waals surface area contributed by atoms with Crippen LogP contribution < -0.4 is 0 Å². The lowest BCUT2D eigenvalue weighted by molar-refractivity contribution is 0.220. The first-order valence-electron chi connectivity index (χ1n) is 6.67. The van der Waals surface area contributed by atoms with E-state index >= 15 is 0 Å². The number of aryl methyl sites for hydroxylation is 1. The molecule has 0 spiro atoms. The van der Waals surface area contributed by atoms with Gasteiger partial charge in [-0.15, -0.1) is 0 Å². The molecule has 0 saturated carbocycles. The number of likely N-dealkylation sites (N-methyl/N-ethyl adjacent to an activating group) is 1. The van der Waals surface area contributed by atoms with Gasteiger partial charge in [-0.1, -0.05) is 5.16 Å². The van der Waals surface area contributed by atoms with Crippen molar-refractivity contribution in [2.75, 3.05) is 20.1 Å². The number of pyridine rings is 1. The number of hydrogen-bond donors (Lipinski definition) is 0. The Balaban J connectivity index is 1.85. The molecular formula is C14H18N4O. The van der Waals surface area contributed by atoms with Crippen molar-refractivity contribution in [1.29, 1.82) is 0 Å². The Labute approximate surface area is 112 Å². The highest BCUT2D eigenvalue weighted by molar-refractivity contribution is 5.57. The van der Waals surface area contributed by atoms with Gasteiger partial charge in [0, 0.05) is 24.5 Å². The zero-order chi connectivity index (χ0) is 13.2. The predicted molar refractivity (Wildman–Crippen MR) is 71.7 cm³/mol. The van der Waals surface area contributed by atoms with Gasteiger partial charge in [-0.05, 0) is 45.0 Å². The SMILES string of the molecule is Cc1ccncc1-c1noc(C2CCCN(C)C2)n1. The average molecular weight is 258 g/mol. The molecule has 1 aliphatic heterocycles. The van der Waals surface area contributed by atoms with Gasteiger partial charge < -0.3 is 9.42 Å². The first-order chi connectivity index (χ1) is 9.24. The maximum absolute atomic E-state index is 5.45. The van der Waals surface area contributed by atoms with Crippen molar-refractivity contribution in [2.24, 2.45) is 0 Å². The molecule has 0 radical (unpaired) electrons. The standard InChI is InChI=1S/C14H18N4O/c1-10-5-6-15-8-12(10)13-16-14(19-17-13)11-4-3-7-18(2)9-11/h5-6,8,11H,3-4,7,9H2,1-2H3. The molecule has 2 aromatic rings. The van der Waals surface area contributed by atoms with Crippen LogP contribution in [-0.4, -0.2) is 40.2 Å². The minimum absolute atomic E-state index is 0.358. The lowest BCUT2D eigenvalue weighted by Crippen LogP contribution is -2.30. The van der Waals surface area contributed by atoms with Crippen molar-refractivity contribution in [2.45, 2.75) is 25.7 Å². The highest BCUT2D eigenvalue weighted by Gasteiger charge is 2.24. The molecule has 100 valence electrons. The maximum atomic E-state index is 5.45. The van der Waals surface area contributed by atoms with E-state index in [1.165, 1.54) is 6.42 Å². The van der Waals surface area contributed by atoms with E-state index in [1.807, 2.05) is 13.0 Å². The molecule has 1 atom stereocenters. The molecule has 0 bridgehead atoms. The lowest BCUT2D eigenvalue weighted by atomic mass is 9.98. The first-order valence-corrected chi connectivity index (χ1v) is 6.67. The van der Waals surface area contributed by atoms with Crippen molar-refractivity contribution in [3.8, 4) is 11.4 Å². The molecule has 2 aromatic heterocycles. The number of aromatic nitrogens is 3. The Morgan fingerprint density at radius 3 is 3.11 bits per heavy atom. The molecule has 5 heteroatoms. The molecule has 1 unspecified atom stereocenters. The van der Waals surface area contributed by atoms with E-state index < -0.39 is 0 Å². The van der Waals surface area contributed by atoms with Gasteiger partial charge in [0.25, 0.3) is 0 Å². The summed E-state index contributed by atoms with van der Waals surface area (Å²) >= 11 is 0. The Bertz CT molecular complexity index is 566. The number of hydrogen-bond acceptors (Lipinski definition) is 5. The van der Waals surface area contributed by atoms with Crippen LogP contribution in [0.3, 0.4) is 0 Å². The Kier molecular flexibility index (Phi) is 3.29. The van der Waals surface area contributed by atoms with Gasteiger partial charge in [0.05, 0.1) is 5.92 Å². The highest BCUT2D eigenvalue weighted by Crippen LogP contribution is 2.27. The molecule has 0 aromatic carbocycles. The lowest BCUT2D eigenvalue weighted by Gasteiger charge is -2.27.